The van der Waals surface area contributed by atoms with Crippen LogP contribution in [0.25, 0.3) is 5.65 Å². The molecule has 27 heavy (non-hydrogen) atoms. The Hall–Kier alpha value is -2.96. The Morgan fingerprint density at radius 3 is 2.56 bits per heavy atom. The largest absolute Gasteiger partial charge is 0.349 e. The van der Waals surface area contributed by atoms with Crippen molar-refractivity contribution < 1.29 is 4.79 Å². The molecule has 1 fully saturated rings. The van der Waals surface area contributed by atoms with E-state index in [1.165, 1.54) is 5.56 Å². The predicted octanol–water partition coefficient (Wildman–Crippen LogP) is 3.00. The van der Waals surface area contributed by atoms with Crippen LogP contribution in [0.5, 0.6) is 0 Å². The lowest BCUT2D eigenvalue weighted by atomic mass is 10.1. The Morgan fingerprint density at radius 1 is 1.19 bits per heavy atom. The first-order valence-electron chi connectivity index (χ1n) is 9.23. The van der Waals surface area contributed by atoms with Gasteiger partial charge in [-0.3, -0.25) is 4.79 Å². The highest BCUT2D eigenvalue weighted by Crippen LogP contribution is 2.38. The van der Waals surface area contributed by atoms with Crippen molar-refractivity contribution in [2.45, 2.75) is 39.5 Å². The SMILES string of the molecule is Cc1cc(C)c(NC(=O)CN(C)c2ccc3nnc(C4CC4)n3n2)c(C)c1. The van der Waals surface area contributed by atoms with Crippen LogP contribution < -0.4 is 10.2 Å². The van der Waals surface area contributed by atoms with E-state index in [1.54, 1.807) is 4.52 Å². The normalized spacial score (nSPS) is 13.8. The molecule has 1 aliphatic carbocycles. The first-order chi connectivity index (χ1) is 12.9. The predicted molar refractivity (Wildman–Crippen MR) is 105 cm³/mol. The van der Waals surface area contributed by atoms with Crippen LogP contribution in [0, 0.1) is 20.8 Å². The van der Waals surface area contributed by atoms with Gasteiger partial charge in [0.15, 0.2) is 11.5 Å². The van der Waals surface area contributed by atoms with Crippen LogP contribution in [0.2, 0.25) is 0 Å². The maximum absolute atomic E-state index is 12.6. The second-order valence-corrected chi connectivity index (χ2v) is 7.47. The molecular weight excluding hydrogens is 340 g/mol. The van der Waals surface area contributed by atoms with E-state index < -0.39 is 0 Å². The number of anilines is 2. The fourth-order valence-electron chi connectivity index (χ4n) is 3.45. The number of fused-ring (bicyclic) bond motifs is 1. The molecule has 140 valence electrons. The molecule has 0 spiro atoms. The summed E-state index contributed by atoms with van der Waals surface area (Å²) in [5.41, 5.74) is 4.96. The number of rotatable bonds is 5. The van der Waals surface area contributed by atoms with Gasteiger partial charge in [-0.1, -0.05) is 17.7 Å². The third-order valence-electron chi connectivity index (χ3n) is 4.93. The fourth-order valence-corrected chi connectivity index (χ4v) is 3.45. The number of carbonyl (C=O) groups excluding carboxylic acids is 1. The summed E-state index contributed by atoms with van der Waals surface area (Å²) in [6.07, 6.45) is 2.28. The Kier molecular flexibility index (Phi) is 4.30. The van der Waals surface area contributed by atoms with E-state index in [-0.39, 0.29) is 12.5 Å². The summed E-state index contributed by atoms with van der Waals surface area (Å²) in [5, 5.41) is 16.1. The first kappa shape index (κ1) is 17.5. The van der Waals surface area contributed by atoms with Crippen LogP contribution in [-0.2, 0) is 4.79 Å². The molecule has 0 unspecified atom stereocenters. The minimum atomic E-state index is -0.0689. The summed E-state index contributed by atoms with van der Waals surface area (Å²) in [4.78, 5) is 14.4. The lowest BCUT2D eigenvalue weighted by molar-refractivity contribution is -0.114. The van der Waals surface area contributed by atoms with Crippen molar-refractivity contribution in [1.82, 2.24) is 19.8 Å². The Morgan fingerprint density at radius 2 is 1.89 bits per heavy atom. The summed E-state index contributed by atoms with van der Waals surface area (Å²) in [7, 11) is 1.86. The molecule has 0 bridgehead atoms. The van der Waals surface area contributed by atoms with E-state index in [1.807, 2.05) is 37.9 Å². The molecule has 7 heteroatoms. The van der Waals surface area contributed by atoms with Crippen LogP contribution in [0.15, 0.2) is 24.3 Å². The van der Waals surface area contributed by atoms with Crippen LogP contribution in [0.3, 0.4) is 0 Å². The zero-order chi connectivity index (χ0) is 19.1. The molecule has 0 radical (unpaired) electrons. The number of hydrogen-bond donors (Lipinski definition) is 1. The molecule has 1 N–H and O–H groups in total. The molecular formula is C20H24N6O. The number of nitrogens with zero attached hydrogens (tertiary/aromatic N) is 5. The Labute approximate surface area is 158 Å². The van der Waals surface area contributed by atoms with Crippen molar-refractivity contribution >= 4 is 23.1 Å². The van der Waals surface area contributed by atoms with Gasteiger partial charge >= 0.3 is 0 Å². The summed E-state index contributed by atoms with van der Waals surface area (Å²) >= 11 is 0. The minimum absolute atomic E-state index is 0.0689. The van der Waals surface area contributed by atoms with Gasteiger partial charge < -0.3 is 10.2 Å². The average Bonchev–Trinajstić information content (AvgIpc) is 3.37. The lowest BCUT2D eigenvalue weighted by Crippen LogP contribution is -2.31. The van der Waals surface area contributed by atoms with Crippen molar-refractivity contribution in [3.8, 4) is 0 Å². The van der Waals surface area contributed by atoms with Crippen LogP contribution >= 0.6 is 0 Å². The van der Waals surface area contributed by atoms with E-state index >= 15 is 0 Å². The molecule has 0 aliphatic heterocycles. The van der Waals surface area contributed by atoms with Gasteiger partial charge in [0.2, 0.25) is 5.91 Å². The zero-order valence-electron chi connectivity index (χ0n) is 16.2. The van der Waals surface area contributed by atoms with Gasteiger partial charge in [-0.15, -0.1) is 15.3 Å². The standard InChI is InChI=1S/C20H24N6O/c1-12-9-13(2)19(14(3)10-12)21-18(27)11-25(4)17-8-7-16-22-23-20(15-5-6-15)26(16)24-17/h7-10,15H,5-6,11H2,1-4H3,(H,21,27). The lowest BCUT2D eigenvalue weighted by Gasteiger charge is -2.19. The summed E-state index contributed by atoms with van der Waals surface area (Å²) in [6.45, 7) is 6.30. The van der Waals surface area contributed by atoms with Crippen molar-refractivity contribution in [3.05, 3.63) is 46.8 Å². The molecule has 3 aromatic rings. The maximum atomic E-state index is 12.6. The third kappa shape index (κ3) is 3.49. The second kappa shape index (κ2) is 6.64. The van der Waals surface area contributed by atoms with Crippen molar-refractivity contribution in [1.29, 1.82) is 0 Å². The van der Waals surface area contributed by atoms with E-state index in [9.17, 15) is 4.79 Å². The first-order valence-corrected chi connectivity index (χ1v) is 9.23. The summed E-state index contributed by atoms with van der Waals surface area (Å²) < 4.78 is 1.80. The number of carbonyl (C=O) groups is 1. The molecule has 1 aromatic carbocycles. The van der Waals surface area contributed by atoms with Crippen LogP contribution in [0.4, 0.5) is 11.5 Å². The van der Waals surface area contributed by atoms with E-state index in [0.717, 1.165) is 46.9 Å². The number of aryl methyl sites for hydroxylation is 3. The monoisotopic (exact) mass is 364 g/mol. The van der Waals surface area contributed by atoms with Crippen molar-refractivity contribution in [2.24, 2.45) is 0 Å². The van der Waals surface area contributed by atoms with Gasteiger partial charge in [-0.2, -0.15) is 4.52 Å². The number of amides is 1. The summed E-state index contributed by atoms with van der Waals surface area (Å²) in [5.74, 6) is 2.02. The smallest absolute Gasteiger partial charge is 0.243 e. The molecule has 1 saturated carbocycles. The molecule has 0 saturated heterocycles. The van der Waals surface area contributed by atoms with Crippen LogP contribution in [0.1, 0.15) is 41.3 Å². The Balaban J connectivity index is 1.50. The topological polar surface area (TPSA) is 75.4 Å². The van der Waals surface area contributed by atoms with Crippen LogP contribution in [-0.4, -0.2) is 39.3 Å². The zero-order valence-corrected chi connectivity index (χ0v) is 16.2. The minimum Gasteiger partial charge on any atom is -0.349 e. The van der Waals surface area contributed by atoms with Gasteiger partial charge in [0.05, 0.1) is 6.54 Å². The molecule has 0 atom stereocenters. The van der Waals surface area contributed by atoms with Gasteiger partial charge in [0.1, 0.15) is 5.82 Å². The van der Waals surface area contributed by atoms with Gasteiger partial charge in [0.25, 0.3) is 0 Å². The van der Waals surface area contributed by atoms with E-state index in [0.29, 0.717) is 5.92 Å². The molecule has 2 heterocycles. The van der Waals surface area contributed by atoms with Gasteiger partial charge in [-0.25, -0.2) is 0 Å². The number of likely N-dealkylation sites (N-methyl/N-ethyl adjacent to an activating group) is 1. The number of benzene rings is 1. The number of nitrogens with one attached hydrogen (secondary N) is 1. The van der Waals surface area contributed by atoms with E-state index in [2.05, 4.69) is 39.7 Å². The third-order valence-corrected chi connectivity index (χ3v) is 4.93. The highest BCUT2D eigenvalue weighted by atomic mass is 16.2. The molecule has 2 aromatic heterocycles. The maximum Gasteiger partial charge on any atom is 0.243 e. The highest BCUT2D eigenvalue weighted by molar-refractivity contribution is 5.95. The molecule has 4 rings (SSSR count). The van der Waals surface area contributed by atoms with Crippen molar-refractivity contribution in [2.75, 3.05) is 23.8 Å². The number of aromatic nitrogens is 4. The quantitative estimate of drug-likeness (QED) is 0.753. The molecule has 1 amide bonds. The van der Waals surface area contributed by atoms with E-state index in [4.69, 9.17) is 0 Å². The Bertz CT molecular complexity index is 997. The van der Waals surface area contributed by atoms with Gasteiger partial charge in [0, 0.05) is 18.7 Å². The highest BCUT2D eigenvalue weighted by Gasteiger charge is 2.29. The molecule has 1 aliphatic rings. The average molecular weight is 364 g/mol. The van der Waals surface area contributed by atoms with Gasteiger partial charge in [-0.05, 0) is 56.9 Å². The number of hydrogen-bond acceptors (Lipinski definition) is 5. The summed E-state index contributed by atoms with van der Waals surface area (Å²) in [6, 6.07) is 7.92. The second-order valence-electron chi connectivity index (χ2n) is 7.47. The van der Waals surface area contributed by atoms with Crippen molar-refractivity contribution in [3.63, 3.8) is 0 Å². The molecule has 7 nitrogen and oxygen atoms in total. The fraction of sp³-hybridized carbons (Fsp3) is 0.400.